The van der Waals surface area contributed by atoms with Crippen LogP contribution in [-0.4, -0.2) is 19.7 Å². The summed E-state index contributed by atoms with van der Waals surface area (Å²) in [7, 11) is 1.40. The van der Waals surface area contributed by atoms with Gasteiger partial charge in [-0.05, 0) is 12.8 Å². The van der Waals surface area contributed by atoms with Crippen molar-refractivity contribution in [3.63, 3.8) is 0 Å². The van der Waals surface area contributed by atoms with Gasteiger partial charge in [-0.25, -0.2) is 4.79 Å². The van der Waals surface area contributed by atoms with Gasteiger partial charge in [-0.1, -0.05) is 6.92 Å². The second kappa shape index (κ2) is 4.14. The van der Waals surface area contributed by atoms with Gasteiger partial charge in [0.1, 0.15) is 5.76 Å². The average Bonchev–Trinajstić information content (AvgIpc) is 2.16. The van der Waals surface area contributed by atoms with Crippen molar-refractivity contribution < 1.29 is 14.3 Å². The van der Waals surface area contributed by atoms with Gasteiger partial charge >= 0.3 is 5.97 Å². The minimum Gasteiger partial charge on any atom is -0.497 e. The summed E-state index contributed by atoms with van der Waals surface area (Å²) in [6.45, 7) is 2.70. The van der Waals surface area contributed by atoms with E-state index in [1.54, 1.807) is 0 Å². The number of hydrogen-bond acceptors (Lipinski definition) is 3. The fraction of sp³-hybridized carbons (Fsp3) is 0.667. The molecule has 0 atom stereocenters. The lowest BCUT2D eigenvalue weighted by Gasteiger charge is -2.18. The molecule has 3 nitrogen and oxygen atoms in total. The number of allylic oxidation sites excluding steroid dienone is 1. The monoisotopic (exact) mass is 170 g/mol. The van der Waals surface area contributed by atoms with E-state index in [4.69, 9.17) is 4.74 Å². The molecular formula is C9H14O3. The summed E-state index contributed by atoms with van der Waals surface area (Å²) in [5, 5.41) is 0. The summed E-state index contributed by atoms with van der Waals surface area (Å²) in [4.78, 5) is 11.2. The minimum atomic E-state index is -0.244. The van der Waals surface area contributed by atoms with Crippen LogP contribution in [-0.2, 0) is 14.3 Å². The van der Waals surface area contributed by atoms with Gasteiger partial charge in [0.2, 0.25) is 0 Å². The van der Waals surface area contributed by atoms with E-state index >= 15 is 0 Å². The first-order valence-electron chi connectivity index (χ1n) is 4.22. The zero-order valence-electron chi connectivity index (χ0n) is 7.55. The predicted molar refractivity (Wildman–Crippen MR) is 44.5 cm³/mol. The van der Waals surface area contributed by atoms with Crippen LogP contribution in [0.5, 0.6) is 0 Å². The summed E-state index contributed by atoms with van der Waals surface area (Å²) < 4.78 is 9.99. The Morgan fingerprint density at radius 3 is 3.00 bits per heavy atom. The first kappa shape index (κ1) is 9.10. The highest BCUT2D eigenvalue weighted by atomic mass is 16.5. The molecule has 0 saturated carbocycles. The fourth-order valence-electron chi connectivity index (χ4n) is 1.33. The van der Waals surface area contributed by atoms with Crippen molar-refractivity contribution >= 4 is 5.97 Å². The largest absolute Gasteiger partial charge is 0.497 e. The lowest BCUT2D eigenvalue weighted by atomic mass is 10.1. The predicted octanol–water partition coefficient (Wildman–Crippen LogP) is 1.63. The molecule has 0 N–H and O–H groups in total. The third kappa shape index (κ3) is 1.78. The standard InChI is InChI=1S/C9H14O3/c1-3-8-7(9(10)11-2)5-4-6-12-8/h3-6H2,1-2H3. The number of carbonyl (C=O) groups excluding carboxylic acids is 1. The number of methoxy groups -OCH3 is 1. The van der Waals surface area contributed by atoms with Crippen molar-refractivity contribution in [3.8, 4) is 0 Å². The average molecular weight is 170 g/mol. The Bertz CT molecular complexity index is 206. The molecule has 12 heavy (non-hydrogen) atoms. The van der Waals surface area contributed by atoms with E-state index in [1.165, 1.54) is 7.11 Å². The smallest absolute Gasteiger partial charge is 0.337 e. The van der Waals surface area contributed by atoms with Crippen LogP contribution in [0.2, 0.25) is 0 Å². The Hall–Kier alpha value is -0.990. The summed E-state index contributed by atoms with van der Waals surface area (Å²) in [6.07, 6.45) is 2.47. The van der Waals surface area contributed by atoms with Crippen LogP contribution < -0.4 is 0 Å². The number of hydrogen-bond donors (Lipinski definition) is 0. The van der Waals surface area contributed by atoms with Crippen molar-refractivity contribution in [2.45, 2.75) is 26.2 Å². The molecule has 0 aliphatic carbocycles. The maximum atomic E-state index is 11.2. The fourth-order valence-corrected chi connectivity index (χ4v) is 1.33. The maximum Gasteiger partial charge on any atom is 0.337 e. The van der Waals surface area contributed by atoms with Gasteiger partial charge < -0.3 is 9.47 Å². The lowest BCUT2D eigenvalue weighted by Crippen LogP contribution is -2.14. The molecule has 68 valence electrons. The maximum absolute atomic E-state index is 11.2. The molecule has 1 aliphatic heterocycles. The first-order valence-corrected chi connectivity index (χ1v) is 4.22. The van der Waals surface area contributed by atoms with E-state index in [0.717, 1.165) is 31.6 Å². The summed E-state index contributed by atoms with van der Waals surface area (Å²) in [5.74, 6) is 0.555. The Kier molecular flexibility index (Phi) is 3.14. The highest BCUT2D eigenvalue weighted by Crippen LogP contribution is 2.22. The van der Waals surface area contributed by atoms with Gasteiger partial charge in [0.05, 0.1) is 19.3 Å². The van der Waals surface area contributed by atoms with E-state index in [1.807, 2.05) is 6.92 Å². The zero-order valence-corrected chi connectivity index (χ0v) is 7.55. The van der Waals surface area contributed by atoms with E-state index in [0.29, 0.717) is 5.57 Å². The van der Waals surface area contributed by atoms with E-state index in [2.05, 4.69) is 4.74 Å². The summed E-state index contributed by atoms with van der Waals surface area (Å²) >= 11 is 0. The van der Waals surface area contributed by atoms with E-state index in [-0.39, 0.29) is 5.97 Å². The summed E-state index contributed by atoms with van der Waals surface area (Å²) in [6, 6.07) is 0. The molecule has 0 unspecified atom stereocenters. The quantitative estimate of drug-likeness (QED) is 0.591. The summed E-state index contributed by atoms with van der Waals surface area (Å²) in [5.41, 5.74) is 0.714. The normalized spacial score (nSPS) is 17.2. The second-order valence-corrected chi connectivity index (χ2v) is 2.70. The van der Waals surface area contributed by atoms with Gasteiger partial charge in [-0.15, -0.1) is 0 Å². The molecule has 0 amide bonds. The second-order valence-electron chi connectivity index (χ2n) is 2.70. The number of carbonyl (C=O) groups is 1. The van der Waals surface area contributed by atoms with Crippen molar-refractivity contribution in [2.75, 3.05) is 13.7 Å². The molecule has 0 radical (unpaired) electrons. The molecule has 3 heteroatoms. The van der Waals surface area contributed by atoms with Crippen LogP contribution in [0, 0.1) is 0 Å². The van der Waals surface area contributed by atoms with Gasteiger partial charge in [-0.3, -0.25) is 0 Å². The van der Waals surface area contributed by atoms with Gasteiger partial charge in [0.15, 0.2) is 0 Å². The van der Waals surface area contributed by atoms with Crippen molar-refractivity contribution in [2.24, 2.45) is 0 Å². The molecule has 0 aromatic rings. The minimum absolute atomic E-state index is 0.244. The topological polar surface area (TPSA) is 35.5 Å². The molecule has 0 aromatic carbocycles. The Balaban J connectivity index is 2.79. The molecule has 0 bridgehead atoms. The van der Waals surface area contributed by atoms with Crippen LogP contribution in [0.1, 0.15) is 26.2 Å². The third-order valence-corrected chi connectivity index (χ3v) is 1.94. The third-order valence-electron chi connectivity index (χ3n) is 1.94. The Labute approximate surface area is 72.4 Å². The molecule has 0 aromatic heterocycles. The van der Waals surface area contributed by atoms with E-state index in [9.17, 15) is 4.79 Å². The van der Waals surface area contributed by atoms with Crippen molar-refractivity contribution in [1.29, 1.82) is 0 Å². The van der Waals surface area contributed by atoms with Gasteiger partial charge in [0, 0.05) is 6.42 Å². The molecule has 1 aliphatic rings. The molecular weight excluding hydrogens is 156 g/mol. The number of esters is 1. The Morgan fingerprint density at radius 1 is 1.67 bits per heavy atom. The van der Waals surface area contributed by atoms with Gasteiger partial charge in [-0.2, -0.15) is 0 Å². The van der Waals surface area contributed by atoms with E-state index < -0.39 is 0 Å². The molecule has 0 fully saturated rings. The SMILES string of the molecule is CCC1=C(C(=O)OC)CCCO1. The lowest BCUT2D eigenvalue weighted by molar-refractivity contribution is -0.136. The van der Waals surface area contributed by atoms with Crippen LogP contribution >= 0.6 is 0 Å². The van der Waals surface area contributed by atoms with Crippen LogP contribution in [0.4, 0.5) is 0 Å². The first-order chi connectivity index (χ1) is 5.79. The van der Waals surface area contributed by atoms with Gasteiger partial charge in [0.25, 0.3) is 0 Å². The molecule has 1 rings (SSSR count). The van der Waals surface area contributed by atoms with Crippen LogP contribution in [0.15, 0.2) is 11.3 Å². The number of rotatable bonds is 2. The number of ether oxygens (including phenoxy) is 2. The van der Waals surface area contributed by atoms with Crippen LogP contribution in [0.25, 0.3) is 0 Å². The highest BCUT2D eigenvalue weighted by Gasteiger charge is 2.19. The highest BCUT2D eigenvalue weighted by molar-refractivity contribution is 5.89. The van der Waals surface area contributed by atoms with Crippen molar-refractivity contribution in [3.05, 3.63) is 11.3 Å². The molecule has 1 heterocycles. The molecule has 0 spiro atoms. The Morgan fingerprint density at radius 2 is 2.42 bits per heavy atom. The van der Waals surface area contributed by atoms with Crippen LogP contribution in [0.3, 0.4) is 0 Å². The molecule has 0 saturated heterocycles. The zero-order chi connectivity index (χ0) is 8.97. The van der Waals surface area contributed by atoms with Crippen molar-refractivity contribution in [1.82, 2.24) is 0 Å².